The van der Waals surface area contributed by atoms with Crippen molar-refractivity contribution in [1.82, 2.24) is 9.88 Å². The summed E-state index contributed by atoms with van der Waals surface area (Å²) in [4.78, 5) is 45.1. The van der Waals surface area contributed by atoms with Gasteiger partial charge in [0.2, 0.25) is 0 Å². The van der Waals surface area contributed by atoms with Crippen LogP contribution in [0.15, 0.2) is 60.8 Å². The molecule has 0 atom stereocenters. The highest BCUT2D eigenvalue weighted by atomic mass is 19.1. The van der Waals surface area contributed by atoms with Crippen molar-refractivity contribution in [2.45, 2.75) is 32.6 Å². The van der Waals surface area contributed by atoms with Crippen LogP contribution in [0.4, 0.5) is 4.39 Å². The van der Waals surface area contributed by atoms with E-state index in [0.29, 0.717) is 37.2 Å². The summed E-state index contributed by atoms with van der Waals surface area (Å²) >= 11 is 0. The molecule has 1 saturated heterocycles. The van der Waals surface area contributed by atoms with E-state index in [1.54, 1.807) is 23.1 Å². The van der Waals surface area contributed by atoms with Gasteiger partial charge in [-0.05, 0) is 66.9 Å². The fourth-order valence-corrected chi connectivity index (χ4v) is 5.53. The number of carbonyl (C=O) groups excluding carboxylic acids is 3. The van der Waals surface area contributed by atoms with Crippen LogP contribution >= 0.6 is 0 Å². The van der Waals surface area contributed by atoms with Crippen LogP contribution in [0.2, 0.25) is 0 Å². The van der Waals surface area contributed by atoms with Crippen LogP contribution in [0.1, 0.15) is 45.8 Å². The number of hydrogen-bond acceptors (Lipinski definition) is 4. The number of hydrogen-bond donors (Lipinski definition) is 0. The van der Waals surface area contributed by atoms with E-state index in [-0.39, 0.29) is 17.5 Å². The van der Waals surface area contributed by atoms with Crippen molar-refractivity contribution in [2.24, 2.45) is 5.41 Å². The van der Waals surface area contributed by atoms with E-state index in [1.165, 1.54) is 12.3 Å². The molecule has 2 heterocycles. The second kappa shape index (κ2) is 8.28. The molecule has 1 amide bonds. The van der Waals surface area contributed by atoms with Gasteiger partial charge in [0.15, 0.2) is 0 Å². The zero-order valence-corrected chi connectivity index (χ0v) is 19.2. The molecule has 34 heavy (non-hydrogen) atoms. The Morgan fingerprint density at radius 2 is 1.59 bits per heavy atom. The molecule has 0 unspecified atom stereocenters. The third kappa shape index (κ3) is 3.83. The number of pyridine rings is 1. The lowest BCUT2D eigenvalue weighted by Gasteiger charge is -2.52. The van der Waals surface area contributed by atoms with Crippen LogP contribution in [0.5, 0.6) is 0 Å². The van der Waals surface area contributed by atoms with Crippen LogP contribution in [-0.2, 0) is 9.59 Å². The van der Waals surface area contributed by atoms with Gasteiger partial charge in [0, 0.05) is 42.5 Å². The highest BCUT2D eigenvalue weighted by molar-refractivity contribution is 6.11. The summed E-state index contributed by atoms with van der Waals surface area (Å²) in [5.41, 5.74) is 4.07. The Hall–Kier alpha value is -3.67. The molecule has 1 saturated carbocycles. The Labute approximate surface area is 197 Å². The molecular weight excluding hydrogens is 431 g/mol. The van der Waals surface area contributed by atoms with Crippen molar-refractivity contribution < 1.29 is 18.8 Å². The second-order valence-corrected chi connectivity index (χ2v) is 9.63. The van der Waals surface area contributed by atoms with E-state index < -0.39 is 17.2 Å². The maximum Gasteiger partial charge on any atom is 0.253 e. The summed E-state index contributed by atoms with van der Waals surface area (Å²) in [5, 5.41) is 0. The molecule has 2 aliphatic rings. The molecule has 2 aromatic carbocycles. The molecule has 5 rings (SSSR count). The molecule has 1 spiro atoms. The van der Waals surface area contributed by atoms with Crippen molar-refractivity contribution in [1.29, 1.82) is 0 Å². The minimum absolute atomic E-state index is 0.0649. The fourth-order valence-electron chi connectivity index (χ4n) is 5.53. The van der Waals surface area contributed by atoms with Crippen molar-refractivity contribution in [3.05, 3.63) is 88.9 Å². The lowest BCUT2D eigenvalue weighted by Crippen LogP contribution is -2.62. The van der Waals surface area contributed by atoms with Gasteiger partial charge in [-0.25, -0.2) is 4.39 Å². The van der Waals surface area contributed by atoms with Crippen LogP contribution < -0.4 is 0 Å². The van der Waals surface area contributed by atoms with Crippen molar-refractivity contribution in [3.63, 3.8) is 0 Å². The van der Waals surface area contributed by atoms with Crippen LogP contribution in [0.25, 0.3) is 11.3 Å². The third-order valence-corrected chi connectivity index (χ3v) is 7.01. The van der Waals surface area contributed by atoms with Crippen LogP contribution in [-0.4, -0.2) is 40.4 Å². The number of aryl methyl sites for hydroxylation is 2. The van der Waals surface area contributed by atoms with Crippen molar-refractivity contribution >= 4 is 17.5 Å². The molecule has 6 heteroatoms. The number of carbonyl (C=O) groups is 3. The number of amides is 1. The van der Waals surface area contributed by atoms with Gasteiger partial charge in [0.1, 0.15) is 23.3 Å². The summed E-state index contributed by atoms with van der Waals surface area (Å²) in [6.07, 6.45) is 1.76. The average molecular weight is 457 g/mol. The van der Waals surface area contributed by atoms with Gasteiger partial charge in [0.05, 0.1) is 11.9 Å². The molecule has 2 fully saturated rings. The predicted octanol–water partition coefficient (Wildman–Crippen LogP) is 4.66. The zero-order chi connectivity index (χ0) is 24.0. The largest absolute Gasteiger partial charge is 0.337 e. The molecular formula is C28H25FN2O3. The Bertz CT molecular complexity index is 1250. The first-order chi connectivity index (χ1) is 16.3. The molecule has 0 N–H and O–H groups in total. The van der Waals surface area contributed by atoms with Crippen LogP contribution in [0, 0.1) is 25.1 Å². The number of halogens is 1. The Morgan fingerprint density at radius 3 is 2.15 bits per heavy atom. The summed E-state index contributed by atoms with van der Waals surface area (Å²) in [7, 11) is 0. The lowest BCUT2D eigenvalue weighted by molar-refractivity contribution is -0.141. The number of likely N-dealkylation sites (tertiary alicyclic amines) is 1. The minimum atomic E-state index is -0.778. The standard InChI is InChI=1S/C28H25FN2O3/c1-17-10-20(22-9-8-21(29)14-30-22)11-18(2)25(17)26-23(32)12-28(13-24(26)33)15-31(16-28)27(34)19-6-4-3-5-7-19/h3-11,14,26H,12-13,15-16H2,1-2H3. The van der Waals surface area contributed by atoms with E-state index >= 15 is 0 Å². The first kappa shape index (κ1) is 22.1. The predicted molar refractivity (Wildman–Crippen MR) is 126 cm³/mol. The van der Waals surface area contributed by atoms with E-state index in [0.717, 1.165) is 22.3 Å². The highest BCUT2D eigenvalue weighted by Crippen LogP contribution is 2.46. The molecule has 0 bridgehead atoms. The Morgan fingerprint density at radius 1 is 0.971 bits per heavy atom. The van der Waals surface area contributed by atoms with E-state index in [9.17, 15) is 18.8 Å². The molecule has 172 valence electrons. The molecule has 1 aliphatic carbocycles. The molecule has 1 aliphatic heterocycles. The van der Waals surface area contributed by atoms with Gasteiger partial charge in [-0.15, -0.1) is 0 Å². The minimum Gasteiger partial charge on any atom is -0.337 e. The quantitative estimate of drug-likeness (QED) is 0.538. The number of benzene rings is 2. The zero-order valence-electron chi connectivity index (χ0n) is 19.2. The maximum atomic E-state index is 13.3. The maximum absolute atomic E-state index is 13.3. The second-order valence-electron chi connectivity index (χ2n) is 9.63. The van der Waals surface area contributed by atoms with Gasteiger partial charge in [-0.3, -0.25) is 19.4 Å². The number of aromatic nitrogens is 1. The summed E-state index contributed by atoms with van der Waals surface area (Å²) in [6, 6.07) is 15.8. The van der Waals surface area contributed by atoms with Crippen molar-refractivity contribution in [2.75, 3.05) is 13.1 Å². The van der Waals surface area contributed by atoms with Gasteiger partial charge in [0.25, 0.3) is 5.91 Å². The summed E-state index contributed by atoms with van der Waals surface area (Å²) < 4.78 is 13.2. The molecule has 3 aromatic rings. The van der Waals surface area contributed by atoms with E-state index in [4.69, 9.17) is 0 Å². The number of ketones is 2. The number of rotatable bonds is 3. The highest BCUT2D eigenvalue weighted by Gasteiger charge is 2.53. The third-order valence-electron chi connectivity index (χ3n) is 7.01. The van der Waals surface area contributed by atoms with Gasteiger partial charge < -0.3 is 4.90 Å². The normalized spacial score (nSPS) is 17.7. The summed E-state index contributed by atoms with van der Waals surface area (Å²) in [6.45, 7) is 4.64. The van der Waals surface area contributed by atoms with E-state index in [1.807, 2.05) is 44.2 Å². The fraction of sp³-hybridized carbons (Fsp3) is 0.286. The topological polar surface area (TPSA) is 67.3 Å². The molecule has 5 nitrogen and oxygen atoms in total. The first-order valence-electron chi connectivity index (χ1n) is 11.4. The smallest absolute Gasteiger partial charge is 0.253 e. The Balaban J connectivity index is 1.34. The van der Waals surface area contributed by atoms with Crippen molar-refractivity contribution in [3.8, 4) is 11.3 Å². The lowest BCUT2D eigenvalue weighted by atomic mass is 9.63. The van der Waals surface area contributed by atoms with Gasteiger partial charge in [-0.1, -0.05) is 18.2 Å². The number of Topliss-reactive ketones (excluding diaryl/α,β-unsaturated/α-hetero) is 2. The molecule has 0 radical (unpaired) electrons. The monoisotopic (exact) mass is 456 g/mol. The van der Waals surface area contributed by atoms with Gasteiger partial charge in [-0.2, -0.15) is 0 Å². The van der Waals surface area contributed by atoms with Crippen LogP contribution in [0.3, 0.4) is 0 Å². The first-order valence-corrected chi connectivity index (χ1v) is 11.4. The SMILES string of the molecule is Cc1cc(-c2ccc(F)cn2)cc(C)c1C1C(=O)CC2(CC1=O)CN(C(=O)c1ccccc1)C2. The average Bonchev–Trinajstić information content (AvgIpc) is 2.79. The summed E-state index contributed by atoms with van der Waals surface area (Å²) in [5.74, 6) is -1.41. The Kier molecular flexibility index (Phi) is 5.39. The van der Waals surface area contributed by atoms with Gasteiger partial charge >= 0.3 is 0 Å². The van der Waals surface area contributed by atoms with E-state index in [2.05, 4.69) is 4.98 Å². The number of nitrogens with zero attached hydrogens (tertiary/aromatic N) is 2. The molecule has 1 aromatic heterocycles.